The van der Waals surface area contributed by atoms with Crippen LogP contribution in [-0.2, 0) is 6.54 Å². The van der Waals surface area contributed by atoms with Gasteiger partial charge in [-0.3, -0.25) is 4.90 Å². The third kappa shape index (κ3) is 2.32. The van der Waals surface area contributed by atoms with Gasteiger partial charge in [-0.1, -0.05) is 18.2 Å². The Hall–Kier alpha value is -0.860. The van der Waals surface area contributed by atoms with E-state index in [1.807, 2.05) is 0 Å². The summed E-state index contributed by atoms with van der Waals surface area (Å²) in [6.07, 6.45) is 1.38. The summed E-state index contributed by atoms with van der Waals surface area (Å²) in [6, 6.07) is 6.65. The normalized spacial score (nSPS) is 28.3. The van der Waals surface area contributed by atoms with Crippen molar-refractivity contribution in [3.05, 3.63) is 34.9 Å². The van der Waals surface area contributed by atoms with Gasteiger partial charge in [0.1, 0.15) is 0 Å². The molecule has 0 aliphatic carbocycles. The lowest BCUT2D eigenvalue weighted by Crippen LogP contribution is -2.39. The molecule has 0 spiro atoms. The van der Waals surface area contributed by atoms with Crippen molar-refractivity contribution in [2.24, 2.45) is 11.8 Å². The summed E-state index contributed by atoms with van der Waals surface area (Å²) in [5.74, 6) is 1.84. The molecule has 0 radical (unpaired) electrons. The molecule has 2 unspecified atom stereocenters. The average Bonchev–Trinajstić information content (AvgIpc) is 2.81. The molecule has 0 bridgehead atoms. The standard InChI is InChI=1S/C16H24N2/c1-12-4-3-5-13(2)16(12)11-18-7-6-14-8-17-9-15(14)10-18/h3-5,14-15,17H,6-11H2,1-2H3. The zero-order valence-electron chi connectivity index (χ0n) is 11.6. The number of nitrogens with one attached hydrogen (secondary N) is 1. The Morgan fingerprint density at radius 1 is 1.17 bits per heavy atom. The molecule has 1 aromatic rings. The number of hydrogen-bond acceptors (Lipinski definition) is 2. The van der Waals surface area contributed by atoms with E-state index in [4.69, 9.17) is 0 Å². The van der Waals surface area contributed by atoms with Crippen molar-refractivity contribution in [2.75, 3.05) is 26.2 Å². The fourth-order valence-corrected chi connectivity index (χ4v) is 3.58. The zero-order valence-corrected chi connectivity index (χ0v) is 11.6. The number of fused-ring (bicyclic) bond motifs is 1. The minimum Gasteiger partial charge on any atom is -0.316 e. The summed E-state index contributed by atoms with van der Waals surface area (Å²) >= 11 is 0. The second-order valence-electron chi connectivity index (χ2n) is 6.07. The summed E-state index contributed by atoms with van der Waals surface area (Å²) in [4.78, 5) is 2.66. The number of likely N-dealkylation sites (tertiary alicyclic amines) is 1. The first-order valence-corrected chi connectivity index (χ1v) is 7.22. The Labute approximate surface area is 110 Å². The van der Waals surface area contributed by atoms with E-state index in [2.05, 4.69) is 42.3 Å². The minimum atomic E-state index is 0.892. The van der Waals surface area contributed by atoms with Gasteiger partial charge < -0.3 is 5.32 Å². The molecule has 2 saturated heterocycles. The van der Waals surface area contributed by atoms with Crippen LogP contribution in [-0.4, -0.2) is 31.1 Å². The van der Waals surface area contributed by atoms with Gasteiger partial charge in [0.25, 0.3) is 0 Å². The van der Waals surface area contributed by atoms with E-state index in [-0.39, 0.29) is 0 Å². The molecule has 0 aromatic heterocycles. The predicted octanol–water partition coefficient (Wildman–Crippen LogP) is 2.34. The topological polar surface area (TPSA) is 15.3 Å². The van der Waals surface area contributed by atoms with Crippen LogP contribution in [0.2, 0.25) is 0 Å². The van der Waals surface area contributed by atoms with Gasteiger partial charge in [0.2, 0.25) is 0 Å². The highest BCUT2D eigenvalue weighted by Gasteiger charge is 2.32. The number of nitrogens with zero attached hydrogens (tertiary/aromatic N) is 1. The van der Waals surface area contributed by atoms with Crippen molar-refractivity contribution in [3.63, 3.8) is 0 Å². The first-order chi connectivity index (χ1) is 8.74. The van der Waals surface area contributed by atoms with Crippen molar-refractivity contribution < 1.29 is 0 Å². The van der Waals surface area contributed by atoms with Gasteiger partial charge in [0, 0.05) is 13.1 Å². The maximum atomic E-state index is 3.54. The summed E-state index contributed by atoms with van der Waals surface area (Å²) in [6.45, 7) is 10.7. The molecular weight excluding hydrogens is 220 g/mol. The number of rotatable bonds is 2. The summed E-state index contributed by atoms with van der Waals surface area (Å²) in [7, 11) is 0. The van der Waals surface area contributed by atoms with Gasteiger partial charge in [-0.15, -0.1) is 0 Å². The van der Waals surface area contributed by atoms with Crippen molar-refractivity contribution in [2.45, 2.75) is 26.8 Å². The van der Waals surface area contributed by atoms with Crippen LogP contribution in [0.25, 0.3) is 0 Å². The summed E-state index contributed by atoms with van der Waals surface area (Å²) in [5.41, 5.74) is 4.44. The second kappa shape index (κ2) is 5.02. The zero-order chi connectivity index (χ0) is 12.5. The molecule has 18 heavy (non-hydrogen) atoms. The number of benzene rings is 1. The van der Waals surface area contributed by atoms with Crippen LogP contribution >= 0.6 is 0 Å². The van der Waals surface area contributed by atoms with Gasteiger partial charge >= 0.3 is 0 Å². The number of aryl methyl sites for hydroxylation is 2. The lowest BCUT2D eigenvalue weighted by Gasteiger charge is -2.35. The molecule has 2 heteroatoms. The molecule has 2 heterocycles. The van der Waals surface area contributed by atoms with E-state index in [0.29, 0.717) is 0 Å². The minimum absolute atomic E-state index is 0.892. The molecule has 2 fully saturated rings. The number of piperidine rings is 1. The molecule has 0 amide bonds. The van der Waals surface area contributed by atoms with E-state index in [9.17, 15) is 0 Å². The Morgan fingerprint density at radius 3 is 2.67 bits per heavy atom. The lowest BCUT2D eigenvalue weighted by molar-refractivity contribution is 0.142. The third-order valence-corrected chi connectivity index (χ3v) is 4.81. The smallest absolute Gasteiger partial charge is 0.0239 e. The summed E-state index contributed by atoms with van der Waals surface area (Å²) < 4.78 is 0. The Kier molecular flexibility index (Phi) is 3.40. The summed E-state index contributed by atoms with van der Waals surface area (Å²) in [5, 5.41) is 3.54. The monoisotopic (exact) mass is 244 g/mol. The largest absolute Gasteiger partial charge is 0.316 e. The van der Waals surface area contributed by atoms with Gasteiger partial charge in [0.15, 0.2) is 0 Å². The van der Waals surface area contributed by atoms with Crippen molar-refractivity contribution in [3.8, 4) is 0 Å². The lowest BCUT2D eigenvalue weighted by atomic mass is 9.88. The molecule has 1 aromatic carbocycles. The van der Waals surface area contributed by atoms with Crippen LogP contribution in [0, 0.1) is 25.7 Å². The molecule has 2 atom stereocenters. The quantitative estimate of drug-likeness (QED) is 0.859. The van der Waals surface area contributed by atoms with E-state index in [0.717, 1.165) is 18.4 Å². The molecule has 2 aliphatic heterocycles. The molecule has 1 N–H and O–H groups in total. The molecule has 2 aliphatic rings. The van der Waals surface area contributed by atoms with Crippen molar-refractivity contribution in [1.29, 1.82) is 0 Å². The Balaban J connectivity index is 1.69. The van der Waals surface area contributed by atoms with E-state index in [1.54, 1.807) is 5.56 Å². The van der Waals surface area contributed by atoms with Crippen LogP contribution in [0.1, 0.15) is 23.1 Å². The van der Waals surface area contributed by atoms with Crippen LogP contribution in [0.5, 0.6) is 0 Å². The first kappa shape index (κ1) is 12.2. The molecular formula is C16H24N2. The van der Waals surface area contributed by atoms with Gasteiger partial charge in [-0.05, 0) is 68.4 Å². The van der Waals surface area contributed by atoms with E-state index >= 15 is 0 Å². The molecule has 98 valence electrons. The SMILES string of the molecule is Cc1cccc(C)c1CN1CCC2CNCC2C1. The fraction of sp³-hybridized carbons (Fsp3) is 0.625. The van der Waals surface area contributed by atoms with E-state index < -0.39 is 0 Å². The first-order valence-electron chi connectivity index (χ1n) is 7.22. The van der Waals surface area contributed by atoms with E-state index in [1.165, 1.54) is 43.7 Å². The average molecular weight is 244 g/mol. The highest BCUT2D eigenvalue weighted by atomic mass is 15.1. The maximum Gasteiger partial charge on any atom is 0.0239 e. The Morgan fingerprint density at radius 2 is 1.89 bits per heavy atom. The van der Waals surface area contributed by atoms with Crippen LogP contribution in [0.15, 0.2) is 18.2 Å². The molecule has 2 nitrogen and oxygen atoms in total. The highest BCUT2D eigenvalue weighted by molar-refractivity contribution is 5.33. The third-order valence-electron chi connectivity index (χ3n) is 4.81. The second-order valence-corrected chi connectivity index (χ2v) is 6.07. The Bertz CT molecular complexity index is 407. The maximum absolute atomic E-state index is 3.54. The van der Waals surface area contributed by atoms with Gasteiger partial charge in [-0.2, -0.15) is 0 Å². The molecule has 3 rings (SSSR count). The fourth-order valence-electron chi connectivity index (χ4n) is 3.58. The van der Waals surface area contributed by atoms with Crippen LogP contribution in [0.3, 0.4) is 0 Å². The molecule has 0 saturated carbocycles. The van der Waals surface area contributed by atoms with Crippen molar-refractivity contribution >= 4 is 0 Å². The van der Waals surface area contributed by atoms with Crippen LogP contribution < -0.4 is 5.32 Å². The van der Waals surface area contributed by atoms with Crippen LogP contribution in [0.4, 0.5) is 0 Å². The highest BCUT2D eigenvalue weighted by Crippen LogP contribution is 2.28. The van der Waals surface area contributed by atoms with Crippen molar-refractivity contribution in [1.82, 2.24) is 10.2 Å². The van der Waals surface area contributed by atoms with Gasteiger partial charge in [-0.25, -0.2) is 0 Å². The predicted molar refractivity (Wildman–Crippen MR) is 75.7 cm³/mol. The van der Waals surface area contributed by atoms with Gasteiger partial charge in [0.05, 0.1) is 0 Å². The number of hydrogen-bond donors (Lipinski definition) is 1.